The number of hydrogen-bond acceptors (Lipinski definition) is 1. The summed E-state index contributed by atoms with van der Waals surface area (Å²) in [6.45, 7) is 10.4. The third-order valence-electron chi connectivity index (χ3n) is 2.41. The van der Waals surface area contributed by atoms with Crippen LogP contribution in [0, 0.1) is 0 Å². The fourth-order valence-corrected chi connectivity index (χ4v) is 1.61. The average Bonchev–Trinajstić information content (AvgIpc) is 2.39. The normalized spacial score (nSPS) is 12.4. The van der Waals surface area contributed by atoms with Gasteiger partial charge in [0.25, 0.3) is 0 Å². The third-order valence-corrected chi connectivity index (χ3v) is 2.41. The highest BCUT2D eigenvalue weighted by Crippen LogP contribution is 2.23. The van der Waals surface area contributed by atoms with E-state index in [0.29, 0.717) is 6.54 Å². The molecule has 0 heterocycles. The maximum absolute atomic E-state index is 5.77. The van der Waals surface area contributed by atoms with Crippen molar-refractivity contribution in [3.05, 3.63) is 60.2 Å². The molecule has 0 radical (unpaired) electrons. The molecule has 1 unspecified atom stereocenters. The molecule has 0 aliphatic carbocycles. The Bertz CT molecular complexity index is 311. The minimum absolute atomic E-state index is 0.277. The molecule has 1 aromatic carbocycles. The van der Waals surface area contributed by atoms with Gasteiger partial charge in [0.15, 0.2) is 0 Å². The zero-order valence-electron chi connectivity index (χ0n) is 10.6. The molecular weight excluding hydrogens is 194 g/mol. The molecular formula is C15H23N. The zero-order chi connectivity index (χ0) is 12.4. The fraction of sp³-hybridized carbons (Fsp3) is 0.333. The van der Waals surface area contributed by atoms with Crippen LogP contribution in [0.25, 0.3) is 0 Å². The summed E-state index contributed by atoms with van der Waals surface area (Å²) >= 11 is 0. The SMILES string of the molecule is C=C/C(=C\C)C(CN)c1ccccc1.CC. The summed E-state index contributed by atoms with van der Waals surface area (Å²) in [4.78, 5) is 0. The highest BCUT2D eigenvalue weighted by Gasteiger charge is 2.10. The molecule has 0 aliphatic heterocycles. The lowest BCUT2D eigenvalue weighted by molar-refractivity contribution is 0.817. The van der Waals surface area contributed by atoms with E-state index in [4.69, 9.17) is 5.73 Å². The summed E-state index contributed by atoms with van der Waals surface area (Å²) in [6, 6.07) is 10.3. The van der Waals surface area contributed by atoms with E-state index in [-0.39, 0.29) is 5.92 Å². The molecule has 0 bridgehead atoms. The van der Waals surface area contributed by atoms with E-state index in [1.54, 1.807) is 0 Å². The van der Waals surface area contributed by atoms with Gasteiger partial charge in [0.2, 0.25) is 0 Å². The van der Waals surface area contributed by atoms with Crippen molar-refractivity contribution in [1.29, 1.82) is 0 Å². The fourth-order valence-electron chi connectivity index (χ4n) is 1.61. The van der Waals surface area contributed by atoms with Crippen LogP contribution in [0.3, 0.4) is 0 Å². The van der Waals surface area contributed by atoms with E-state index in [9.17, 15) is 0 Å². The first-order valence-corrected chi connectivity index (χ1v) is 5.87. The first kappa shape index (κ1) is 14.7. The third kappa shape index (κ3) is 4.03. The van der Waals surface area contributed by atoms with E-state index >= 15 is 0 Å². The van der Waals surface area contributed by atoms with Crippen LogP contribution in [0.2, 0.25) is 0 Å². The molecule has 0 fully saturated rings. The topological polar surface area (TPSA) is 26.0 Å². The van der Waals surface area contributed by atoms with Crippen LogP contribution < -0.4 is 5.73 Å². The Hall–Kier alpha value is -1.34. The molecule has 0 aliphatic rings. The van der Waals surface area contributed by atoms with Gasteiger partial charge in [-0.2, -0.15) is 0 Å². The minimum atomic E-state index is 0.277. The van der Waals surface area contributed by atoms with Gasteiger partial charge in [0, 0.05) is 12.5 Å². The lowest BCUT2D eigenvalue weighted by Gasteiger charge is -2.16. The van der Waals surface area contributed by atoms with Gasteiger partial charge < -0.3 is 5.73 Å². The molecule has 0 saturated carbocycles. The van der Waals surface area contributed by atoms with Crippen molar-refractivity contribution < 1.29 is 0 Å². The zero-order valence-corrected chi connectivity index (χ0v) is 10.6. The van der Waals surface area contributed by atoms with Crippen LogP contribution in [-0.4, -0.2) is 6.54 Å². The summed E-state index contributed by atoms with van der Waals surface area (Å²) in [5.41, 5.74) is 8.21. The highest BCUT2D eigenvalue weighted by molar-refractivity contribution is 5.34. The van der Waals surface area contributed by atoms with Gasteiger partial charge in [0.05, 0.1) is 0 Å². The predicted molar refractivity (Wildman–Crippen MR) is 73.5 cm³/mol. The van der Waals surface area contributed by atoms with E-state index in [1.165, 1.54) is 11.1 Å². The maximum atomic E-state index is 5.77. The Morgan fingerprint density at radius 2 is 1.88 bits per heavy atom. The minimum Gasteiger partial charge on any atom is -0.330 e. The summed E-state index contributed by atoms with van der Waals surface area (Å²) in [6.07, 6.45) is 3.95. The molecule has 1 aromatic rings. The summed E-state index contributed by atoms with van der Waals surface area (Å²) in [5.74, 6) is 0.277. The Labute approximate surface area is 99.7 Å². The average molecular weight is 217 g/mol. The van der Waals surface area contributed by atoms with Gasteiger partial charge >= 0.3 is 0 Å². The molecule has 1 heteroatoms. The molecule has 1 atom stereocenters. The monoisotopic (exact) mass is 217 g/mol. The smallest absolute Gasteiger partial charge is 0.0209 e. The van der Waals surface area contributed by atoms with Crippen molar-refractivity contribution in [2.45, 2.75) is 26.7 Å². The number of nitrogens with two attached hydrogens (primary N) is 1. The number of benzene rings is 1. The first-order valence-electron chi connectivity index (χ1n) is 5.87. The number of rotatable bonds is 4. The van der Waals surface area contributed by atoms with Gasteiger partial charge in [-0.05, 0) is 18.1 Å². The van der Waals surface area contributed by atoms with Crippen LogP contribution in [0.4, 0.5) is 0 Å². The number of hydrogen-bond donors (Lipinski definition) is 1. The Kier molecular flexibility index (Phi) is 8.18. The van der Waals surface area contributed by atoms with Crippen LogP contribution in [0.5, 0.6) is 0 Å². The Morgan fingerprint density at radius 1 is 1.31 bits per heavy atom. The van der Waals surface area contributed by atoms with E-state index in [2.05, 4.69) is 24.8 Å². The van der Waals surface area contributed by atoms with Crippen molar-refractivity contribution >= 4 is 0 Å². The van der Waals surface area contributed by atoms with Gasteiger partial charge in [-0.1, -0.05) is 62.9 Å². The molecule has 1 nitrogen and oxygen atoms in total. The Morgan fingerprint density at radius 3 is 2.25 bits per heavy atom. The molecule has 1 rings (SSSR count). The van der Waals surface area contributed by atoms with Crippen molar-refractivity contribution in [3.8, 4) is 0 Å². The largest absolute Gasteiger partial charge is 0.330 e. The van der Waals surface area contributed by atoms with Crippen molar-refractivity contribution in [3.63, 3.8) is 0 Å². The molecule has 16 heavy (non-hydrogen) atoms. The van der Waals surface area contributed by atoms with E-state index in [0.717, 1.165) is 0 Å². The van der Waals surface area contributed by atoms with Crippen molar-refractivity contribution in [1.82, 2.24) is 0 Å². The molecule has 0 amide bonds. The summed E-state index contributed by atoms with van der Waals surface area (Å²) in [7, 11) is 0. The molecule has 0 saturated heterocycles. The lowest BCUT2D eigenvalue weighted by Crippen LogP contribution is -2.13. The summed E-state index contributed by atoms with van der Waals surface area (Å²) < 4.78 is 0. The van der Waals surface area contributed by atoms with Crippen LogP contribution >= 0.6 is 0 Å². The standard InChI is InChI=1S/C13H17N.C2H6/c1-3-11(4-2)13(10-14)12-8-6-5-7-9-12;1-2/h3-9,13H,1,10,14H2,2H3;1-2H3/b11-4+;. The van der Waals surface area contributed by atoms with Crippen LogP contribution in [-0.2, 0) is 0 Å². The molecule has 88 valence electrons. The van der Waals surface area contributed by atoms with Crippen molar-refractivity contribution in [2.24, 2.45) is 5.73 Å². The van der Waals surface area contributed by atoms with Crippen LogP contribution in [0.1, 0.15) is 32.3 Å². The second-order valence-electron chi connectivity index (χ2n) is 3.19. The maximum Gasteiger partial charge on any atom is 0.0209 e. The quantitative estimate of drug-likeness (QED) is 0.761. The van der Waals surface area contributed by atoms with Crippen LogP contribution in [0.15, 0.2) is 54.6 Å². The van der Waals surface area contributed by atoms with Gasteiger partial charge in [-0.25, -0.2) is 0 Å². The highest BCUT2D eigenvalue weighted by atomic mass is 14.5. The second kappa shape index (κ2) is 8.93. The lowest BCUT2D eigenvalue weighted by atomic mass is 9.91. The van der Waals surface area contributed by atoms with E-state index < -0.39 is 0 Å². The first-order chi connectivity index (χ1) is 7.83. The van der Waals surface area contributed by atoms with Crippen molar-refractivity contribution in [2.75, 3.05) is 6.54 Å². The summed E-state index contributed by atoms with van der Waals surface area (Å²) in [5, 5.41) is 0. The Balaban J connectivity index is 0.00000106. The molecule has 2 N–H and O–H groups in total. The van der Waals surface area contributed by atoms with E-state index in [1.807, 2.05) is 45.0 Å². The molecule has 0 aromatic heterocycles. The van der Waals surface area contributed by atoms with Gasteiger partial charge in [-0.15, -0.1) is 0 Å². The van der Waals surface area contributed by atoms with Gasteiger partial charge in [0.1, 0.15) is 0 Å². The molecule has 0 spiro atoms. The number of allylic oxidation sites excluding steroid dienone is 2. The predicted octanol–water partition coefficient (Wildman–Crippen LogP) is 3.89. The second-order valence-corrected chi connectivity index (χ2v) is 3.19. The van der Waals surface area contributed by atoms with Gasteiger partial charge in [-0.3, -0.25) is 0 Å².